The molecule has 0 N–H and O–H groups in total. The molecule has 0 aliphatic heterocycles. The summed E-state index contributed by atoms with van der Waals surface area (Å²) in [6.07, 6.45) is 0.897. The Balaban J connectivity index is 2.41. The molecule has 0 spiro atoms. The zero-order chi connectivity index (χ0) is 12.0. The summed E-state index contributed by atoms with van der Waals surface area (Å²) in [7, 11) is 0.316. The lowest BCUT2D eigenvalue weighted by Gasteiger charge is -2.02. The summed E-state index contributed by atoms with van der Waals surface area (Å²) in [5, 5.41) is 0. The fraction of sp³-hybridized carbons (Fsp3) is 0.364. The van der Waals surface area contributed by atoms with Gasteiger partial charge in [-0.3, -0.25) is 9.00 Å². The Morgan fingerprint density at radius 3 is 2.56 bits per heavy atom. The van der Waals surface area contributed by atoms with Crippen LogP contribution in [0.5, 0.6) is 0 Å². The number of carbonyl (C=O) groups excluding carboxylic acids is 1. The molecule has 0 heterocycles. The van der Waals surface area contributed by atoms with Crippen LogP contribution < -0.4 is 0 Å². The first-order valence-electron chi connectivity index (χ1n) is 4.84. The Labute approximate surface area is 106 Å². The van der Waals surface area contributed by atoms with Gasteiger partial charge in [0.05, 0.1) is 17.9 Å². The van der Waals surface area contributed by atoms with Gasteiger partial charge in [-0.15, -0.1) is 0 Å². The number of benzene rings is 1. The van der Waals surface area contributed by atoms with Crippen LogP contribution in [0.25, 0.3) is 0 Å². The zero-order valence-electron chi connectivity index (χ0n) is 8.94. The van der Waals surface area contributed by atoms with E-state index >= 15 is 0 Å². The number of rotatable bonds is 5. The summed E-state index contributed by atoms with van der Waals surface area (Å²) < 4.78 is 17.2. The van der Waals surface area contributed by atoms with Gasteiger partial charge in [0.25, 0.3) is 0 Å². The largest absolute Gasteiger partial charge is 0.469 e. The molecule has 0 radical (unpaired) electrons. The maximum atomic E-state index is 11.8. The molecule has 0 aromatic heterocycles. The monoisotopic (exact) mass is 304 g/mol. The molecule has 16 heavy (non-hydrogen) atoms. The fourth-order valence-corrected chi connectivity index (χ4v) is 2.50. The maximum Gasteiger partial charge on any atom is 0.305 e. The Morgan fingerprint density at radius 1 is 1.38 bits per heavy atom. The van der Waals surface area contributed by atoms with Crippen LogP contribution in [0.1, 0.15) is 12.8 Å². The van der Waals surface area contributed by atoms with Gasteiger partial charge in [-0.25, -0.2) is 0 Å². The quantitative estimate of drug-likeness (QED) is 0.785. The van der Waals surface area contributed by atoms with Crippen molar-refractivity contribution in [3.8, 4) is 0 Å². The number of halogens is 1. The Morgan fingerprint density at radius 2 is 2.00 bits per heavy atom. The van der Waals surface area contributed by atoms with Gasteiger partial charge in [-0.1, -0.05) is 15.9 Å². The number of carbonyl (C=O) groups is 1. The highest BCUT2D eigenvalue weighted by Gasteiger charge is 2.05. The smallest absolute Gasteiger partial charge is 0.305 e. The lowest BCUT2D eigenvalue weighted by Crippen LogP contribution is -2.04. The van der Waals surface area contributed by atoms with Crippen LogP contribution in [0.15, 0.2) is 33.6 Å². The molecule has 3 nitrogen and oxygen atoms in total. The Hall–Kier alpha value is -0.680. The second-order valence-corrected chi connectivity index (χ2v) is 5.67. The van der Waals surface area contributed by atoms with Crippen molar-refractivity contribution in [1.82, 2.24) is 0 Å². The molecule has 0 saturated carbocycles. The van der Waals surface area contributed by atoms with E-state index in [-0.39, 0.29) is 5.97 Å². The van der Waals surface area contributed by atoms with Crippen molar-refractivity contribution >= 4 is 32.7 Å². The molecular weight excluding hydrogens is 292 g/mol. The molecule has 1 aromatic rings. The minimum absolute atomic E-state index is 0.257. The highest BCUT2D eigenvalue weighted by molar-refractivity contribution is 9.10. The molecule has 0 unspecified atom stereocenters. The highest BCUT2D eigenvalue weighted by Crippen LogP contribution is 2.14. The summed E-state index contributed by atoms with van der Waals surface area (Å²) in [5.41, 5.74) is 0. The van der Waals surface area contributed by atoms with Gasteiger partial charge in [0.1, 0.15) is 0 Å². The molecule has 1 atom stereocenters. The van der Waals surface area contributed by atoms with Crippen molar-refractivity contribution in [1.29, 1.82) is 0 Å². The maximum absolute atomic E-state index is 11.8. The first kappa shape index (κ1) is 13.4. The van der Waals surface area contributed by atoms with Gasteiger partial charge in [0.15, 0.2) is 0 Å². The van der Waals surface area contributed by atoms with Crippen LogP contribution in [0, 0.1) is 0 Å². The van der Waals surface area contributed by atoms with Gasteiger partial charge in [-0.05, 0) is 30.7 Å². The summed E-state index contributed by atoms with van der Waals surface area (Å²) >= 11 is 3.32. The van der Waals surface area contributed by atoms with Crippen molar-refractivity contribution in [2.75, 3.05) is 12.9 Å². The van der Waals surface area contributed by atoms with Crippen molar-refractivity contribution in [2.45, 2.75) is 17.7 Å². The minimum atomic E-state index is -1.04. The molecule has 0 fully saturated rings. The second-order valence-electron chi connectivity index (χ2n) is 3.18. The molecule has 0 amide bonds. The second kappa shape index (κ2) is 6.81. The van der Waals surface area contributed by atoms with E-state index in [4.69, 9.17) is 0 Å². The number of methoxy groups -OCH3 is 1. The average Bonchev–Trinajstić information content (AvgIpc) is 2.29. The van der Waals surface area contributed by atoms with E-state index in [1.165, 1.54) is 7.11 Å². The van der Waals surface area contributed by atoms with Crippen LogP contribution in [-0.2, 0) is 20.3 Å². The van der Waals surface area contributed by atoms with E-state index in [1.54, 1.807) is 0 Å². The lowest BCUT2D eigenvalue weighted by atomic mass is 10.3. The number of esters is 1. The van der Waals surface area contributed by atoms with Gasteiger partial charge in [-0.2, -0.15) is 0 Å². The first-order chi connectivity index (χ1) is 7.63. The van der Waals surface area contributed by atoms with Gasteiger partial charge in [0.2, 0.25) is 0 Å². The number of hydrogen-bond acceptors (Lipinski definition) is 3. The van der Waals surface area contributed by atoms with Crippen molar-refractivity contribution in [3.63, 3.8) is 0 Å². The third-order valence-electron chi connectivity index (χ3n) is 2.01. The third kappa shape index (κ3) is 4.45. The van der Waals surface area contributed by atoms with Gasteiger partial charge < -0.3 is 4.74 Å². The SMILES string of the molecule is COC(=O)CCC[S@](=O)c1ccc(Br)cc1. The summed E-state index contributed by atoms with van der Waals surface area (Å²) in [6.45, 7) is 0. The average molecular weight is 305 g/mol. The molecule has 0 aliphatic carbocycles. The van der Waals surface area contributed by atoms with E-state index in [1.807, 2.05) is 24.3 Å². The predicted octanol–water partition coefficient (Wildman–Crippen LogP) is 2.51. The molecule has 1 aromatic carbocycles. The molecule has 1 rings (SSSR count). The summed E-state index contributed by atoms with van der Waals surface area (Å²) in [5.74, 6) is 0.226. The van der Waals surface area contributed by atoms with Crippen molar-refractivity contribution < 1.29 is 13.7 Å². The first-order valence-corrected chi connectivity index (χ1v) is 6.95. The molecule has 0 bridgehead atoms. The van der Waals surface area contributed by atoms with E-state index in [0.29, 0.717) is 18.6 Å². The molecule has 0 saturated heterocycles. The van der Waals surface area contributed by atoms with Gasteiger partial charge >= 0.3 is 5.97 Å². The van der Waals surface area contributed by atoms with Crippen LogP contribution in [-0.4, -0.2) is 23.0 Å². The van der Waals surface area contributed by atoms with Crippen LogP contribution in [0.2, 0.25) is 0 Å². The van der Waals surface area contributed by atoms with Crippen LogP contribution in [0.3, 0.4) is 0 Å². The van der Waals surface area contributed by atoms with Crippen LogP contribution in [0.4, 0.5) is 0 Å². The number of hydrogen-bond donors (Lipinski definition) is 0. The zero-order valence-corrected chi connectivity index (χ0v) is 11.3. The number of ether oxygens (including phenoxy) is 1. The minimum Gasteiger partial charge on any atom is -0.469 e. The fourth-order valence-electron chi connectivity index (χ4n) is 1.15. The molecule has 0 aliphatic rings. The van der Waals surface area contributed by atoms with E-state index < -0.39 is 10.8 Å². The standard InChI is InChI=1S/C11H13BrO3S/c1-15-11(13)3-2-8-16(14)10-6-4-9(12)5-7-10/h4-7H,2-3,8H2,1H3/t16-/m0/s1. The van der Waals surface area contributed by atoms with Crippen molar-refractivity contribution in [3.05, 3.63) is 28.7 Å². The summed E-state index contributed by atoms with van der Waals surface area (Å²) in [4.78, 5) is 11.6. The third-order valence-corrected chi connectivity index (χ3v) is 4.00. The Bertz CT molecular complexity index is 375. The lowest BCUT2D eigenvalue weighted by molar-refractivity contribution is -0.140. The highest BCUT2D eigenvalue weighted by atomic mass is 79.9. The summed E-state index contributed by atoms with van der Waals surface area (Å²) in [6, 6.07) is 7.34. The Kier molecular flexibility index (Phi) is 5.69. The van der Waals surface area contributed by atoms with Crippen molar-refractivity contribution in [2.24, 2.45) is 0 Å². The molecular formula is C11H13BrO3S. The predicted molar refractivity (Wildman–Crippen MR) is 66.7 cm³/mol. The van der Waals surface area contributed by atoms with E-state index in [9.17, 15) is 9.00 Å². The van der Waals surface area contributed by atoms with Crippen LogP contribution >= 0.6 is 15.9 Å². The van der Waals surface area contributed by atoms with Gasteiger partial charge in [0, 0.05) is 21.5 Å². The molecule has 88 valence electrons. The normalized spacial score (nSPS) is 12.1. The van der Waals surface area contributed by atoms with E-state index in [0.717, 1.165) is 9.37 Å². The van der Waals surface area contributed by atoms with E-state index in [2.05, 4.69) is 20.7 Å². The molecule has 5 heteroatoms. The topological polar surface area (TPSA) is 43.4 Å².